The number of benzene rings is 2. The number of ether oxygens (including phenoxy) is 2. The van der Waals surface area contributed by atoms with E-state index in [1.807, 2.05) is 6.07 Å². The van der Waals surface area contributed by atoms with Crippen LogP contribution in [-0.2, 0) is 21.3 Å². The van der Waals surface area contributed by atoms with Gasteiger partial charge in [-0.3, -0.25) is 4.90 Å². The minimum atomic E-state index is -4.47. The average Bonchev–Trinajstić information content (AvgIpc) is 3.35. The van der Waals surface area contributed by atoms with Gasteiger partial charge < -0.3 is 24.7 Å². The van der Waals surface area contributed by atoms with Crippen LogP contribution in [0.15, 0.2) is 47.4 Å². The molecule has 47 heavy (non-hydrogen) atoms. The fourth-order valence-electron chi connectivity index (χ4n) is 7.14. The lowest BCUT2D eigenvalue weighted by Crippen LogP contribution is -2.62. The largest absolute Gasteiger partial charge is 0.461 e. The van der Waals surface area contributed by atoms with Gasteiger partial charge in [-0.05, 0) is 74.8 Å². The molecule has 6 rings (SSSR count). The highest BCUT2D eigenvalue weighted by molar-refractivity contribution is 7.89. The predicted molar refractivity (Wildman–Crippen MR) is 172 cm³/mol. The summed E-state index contributed by atoms with van der Waals surface area (Å²) >= 11 is 0. The number of anilines is 2. The number of nitrogens with one attached hydrogen (secondary N) is 2. The number of hydrogen-bond acceptors (Lipinski definition) is 7. The number of halogens is 4. The lowest BCUT2D eigenvalue weighted by Gasteiger charge is -2.56. The molecule has 1 aliphatic carbocycles. The van der Waals surface area contributed by atoms with Gasteiger partial charge in [-0.1, -0.05) is 12.0 Å². The molecule has 2 aromatic carbocycles. The van der Waals surface area contributed by atoms with Gasteiger partial charge in [0.25, 0.3) is 0 Å². The van der Waals surface area contributed by atoms with Gasteiger partial charge in [-0.15, -0.1) is 0 Å². The number of alkyl halides is 4. The van der Waals surface area contributed by atoms with Gasteiger partial charge in [0, 0.05) is 60.9 Å². The van der Waals surface area contributed by atoms with Gasteiger partial charge in [-0.2, -0.15) is 13.2 Å². The van der Waals surface area contributed by atoms with Crippen molar-refractivity contribution < 1.29 is 35.5 Å². The van der Waals surface area contributed by atoms with Crippen molar-refractivity contribution in [3.63, 3.8) is 0 Å². The summed E-state index contributed by atoms with van der Waals surface area (Å²) in [4.78, 5) is 2.36. The van der Waals surface area contributed by atoms with E-state index in [2.05, 4.69) is 27.4 Å². The van der Waals surface area contributed by atoms with Crippen LogP contribution >= 0.6 is 0 Å². The number of rotatable bonds is 9. The Bertz CT molecular complexity index is 1750. The first-order valence-electron chi connectivity index (χ1n) is 15.8. The highest BCUT2D eigenvalue weighted by Crippen LogP contribution is 2.43. The molecule has 1 aromatic heterocycles. The van der Waals surface area contributed by atoms with E-state index >= 15 is 0 Å². The van der Waals surface area contributed by atoms with Crippen LogP contribution in [-0.4, -0.2) is 75.9 Å². The van der Waals surface area contributed by atoms with Crippen LogP contribution in [0.3, 0.4) is 0 Å². The summed E-state index contributed by atoms with van der Waals surface area (Å²) in [5.74, 6) is 5.58. The molecule has 14 heteroatoms. The van der Waals surface area contributed by atoms with E-state index in [-0.39, 0.29) is 34.6 Å². The van der Waals surface area contributed by atoms with E-state index in [1.54, 1.807) is 18.2 Å². The van der Waals surface area contributed by atoms with Gasteiger partial charge in [-0.25, -0.2) is 17.9 Å². The fourth-order valence-corrected chi connectivity index (χ4v) is 7.67. The molecule has 0 amide bonds. The maximum absolute atomic E-state index is 13.7. The lowest BCUT2D eigenvalue weighted by molar-refractivity contribution is -0.140. The molecular weight excluding hydrogens is 638 g/mol. The average molecular weight is 678 g/mol. The van der Waals surface area contributed by atoms with Gasteiger partial charge in [0.1, 0.15) is 12.3 Å². The van der Waals surface area contributed by atoms with Crippen LogP contribution in [0.5, 0.6) is 5.75 Å². The topological polar surface area (TPSA) is 111 Å². The van der Waals surface area contributed by atoms with Crippen LogP contribution in [0, 0.1) is 17.3 Å². The van der Waals surface area contributed by atoms with Crippen molar-refractivity contribution in [2.24, 2.45) is 10.6 Å². The van der Waals surface area contributed by atoms with Crippen molar-refractivity contribution in [2.45, 2.75) is 68.2 Å². The Labute approximate surface area is 271 Å². The van der Waals surface area contributed by atoms with Gasteiger partial charge in [0.05, 0.1) is 28.3 Å². The zero-order valence-corrected chi connectivity index (χ0v) is 26.7. The number of nitrogens with zero attached hydrogens (tertiary/aromatic N) is 2. The van der Waals surface area contributed by atoms with Crippen LogP contribution in [0.25, 0.3) is 10.9 Å². The number of primary sulfonamides is 1. The summed E-state index contributed by atoms with van der Waals surface area (Å²) in [6, 6.07) is 11.5. The summed E-state index contributed by atoms with van der Waals surface area (Å²) in [6.07, 6.45) is 1.98. The maximum atomic E-state index is 13.7. The first-order valence-corrected chi connectivity index (χ1v) is 17.3. The zero-order valence-electron chi connectivity index (χ0n) is 25.9. The Morgan fingerprint density at radius 3 is 2.47 bits per heavy atom. The van der Waals surface area contributed by atoms with Crippen molar-refractivity contribution in [1.29, 1.82) is 0 Å². The summed E-state index contributed by atoms with van der Waals surface area (Å²) in [6.45, 7) is 1.59. The van der Waals surface area contributed by atoms with E-state index in [1.165, 1.54) is 16.7 Å². The molecule has 0 radical (unpaired) electrons. The minimum absolute atomic E-state index is 0.0365. The van der Waals surface area contributed by atoms with E-state index in [0.29, 0.717) is 22.4 Å². The number of likely N-dealkylation sites (tertiary alicyclic amines) is 1. The highest BCUT2D eigenvalue weighted by atomic mass is 32.2. The number of hydrogen-bond donors (Lipinski definition) is 3. The predicted octanol–water partition coefficient (Wildman–Crippen LogP) is 5.46. The number of sulfonamides is 1. The van der Waals surface area contributed by atoms with Crippen molar-refractivity contribution >= 4 is 32.3 Å². The van der Waals surface area contributed by atoms with Crippen molar-refractivity contribution in [2.75, 3.05) is 50.3 Å². The van der Waals surface area contributed by atoms with E-state index < -0.39 is 29.6 Å². The molecule has 254 valence electrons. The molecule has 3 aromatic rings. The van der Waals surface area contributed by atoms with E-state index in [9.17, 15) is 26.0 Å². The normalized spacial score (nSPS) is 21.6. The van der Waals surface area contributed by atoms with Crippen LogP contribution in [0.2, 0.25) is 0 Å². The maximum Gasteiger partial charge on any atom is 0.406 e. The Kier molecular flexibility index (Phi) is 9.62. The van der Waals surface area contributed by atoms with Crippen LogP contribution < -0.4 is 20.5 Å². The Morgan fingerprint density at radius 1 is 1.04 bits per heavy atom. The third kappa shape index (κ3) is 7.80. The molecule has 1 spiro atoms. The number of aromatic nitrogens is 1. The van der Waals surface area contributed by atoms with E-state index in [4.69, 9.17) is 14.6 Å². The van der Waals surface area contributed by atoms with Crippen molar-refractivity contribution in [3.8, 4) is 17.6 Å². The second kappa shape index (κ2) is 13.5. The molecule has 3 fully saturated rings. The van der Waals surface area contributed by atoms with Crippen LogP contribution in [0.4, 0.5) is 28.9 Å². The smallest absolute Gasteiger partial charge is 0.406 e. The van der Waals surface area contributed by atoms with Crippen molar-refractivity contribution in [3.05, 3.63) is 48.2 Å². The van der Waals surface area contributed by atoms with Crippen molar-refractivity contribution in [1.82, 2.24) is 9.47 Å². The van der Waals surface area contributed by atoms with Gasteiger partial charge in [0.15, 0.2) is 0 Å². The molecule has 3 heterocycles. The van der Waals surface area contributed by atoms with E-state index in [0.717, 1.165) is 76.6 Å². The standard InChI is InChI=1S/C33H39F4N5O4S/c34-22-46-31-18-26(47(38,43)44)10-11-29(31)39-14-2-3-25-17-27-28(4-1-5-30(27)42(25)21-33(35,36)37)40-23-6-8-24(9-7-23)41-19-32(20-41)12-15-45-16-13-32/h1,4-5,10-11,17-18,23-24,39-40H,6-9,12-16,19-22H2,(H2,38,43,44)/t23-,24-. The molecule has 9 nitrogen and oxygen atoms in total. The molecule has 3 aliphatic rings. The summed E-state index contributed by atoms with van der Waals surface area (Å²) in [5, 5.41) is 12.3. The molecule has 1 saturated carbocycles. The number of fused-ring (bicyclic) bond motifs is 1. The molecule has 2 aliphatic heterocycles. The zero-order chi connectivity index (χ0) is 33.2. The second-order valence-corrected chi connectivity index (χ2v) is 14.3. The molecule has 0 unspecified atom stereocenters. The summed E-state index contributed by atoms with van der Waals surface area (Å²) in [5.41, 5.74) is 2.09. The molecule has 2 saturated heterocycles. The van der Waals surface area contributed by atoms with Gasteiger partial charge in [0.2, 0.25) is 16.9 Å². The second-order valence-electron chi connectivity index (χ2n) is 12.7. The van der Waals surface area contributed by atoms with Crippen LogP contribution in [0.1, 0.15) is 44.2 Å². The molecule has 4 N–H and O–H groups in total. The quantitative estimate of drug-likeness (QED) is 0.204. The van der Waals surface area contributed by atoms with Gasteiger partial charge >= 0.3 is 6.18 Å². The Morgan fingerprint density at radius 2 is 1.79 bits per heavy atom. The summed E-state index contributed by atoms with van der Waals surface area (Å²) in [7, 11) is -4.04. The lowest BCUT2D eigenvalue weighted by atomic mass is 9.71. The SMILES string of the molecule is NS(=O)(=O)c1ccc(NCC#Cc2cc3c(N[C@H]4CC[C@H](N5CC6(CCOCC6)C5)CC4)cccc3n2CC(F)(F)F)c(OCF)c1. The first kappa shape index (κ1) is 33.4. The molecular formula is C33H39F4N5O4S. The molecule has 0 bridgehead atoms. The fraction of sp³-hybridized carbons (Fsp3) is 0.515. The minimum Gasteiger partial charge on any atom is -0.461 e. The Balaban J connectivity index is 1.14. The third-order valence-electron chi connectivity index (χ3n) is 9.56. The summed E-state index contributed by atoms with van der Waals surface area (Å²) < 4.78 is 88.9. The molecule has 0 atom stereocenters. The highest BCUT2D eigenvalue weighted by Gasteiger charge is 2.46. The Hall–Kier alpha value is -3.51. The first-order chi connectivity index (χ1) is 22.4. The number of nitrogens with two attached hydrogens (primary N) is 1. The third-order valence-corrected chi connectivity index (χ3v) is 10.5. The monoisotopic (exact) mass is 677 g/mol.